The summed E-state index contributed by atoms with van der Waals surface area (Å²) in [6.07, 6.45) is 3.54. The van der Waals surface area contributed by atoms with Crippen LogP contribution in [-0.2, 0) is 24.1 Å². The Hall–Kier alpha value is -0.490. The van der Waals surface area contributed by atoms with E-state index in [2.05, 4.69) is 16.7 Å². The number of aromatic nitrogens is 1. The van der Waals surface area contributed by atoms with E-state index in [1.54, 1.807) is 0 Å². The van der Waals surface area contributed by atoms with Gasteiger partial charge in [-0.05, 0) is 32.4 Å². The lowest BCUT2D eigenvalue weighted by Gasteiger charge is -2.29. The van der Waals surface area contributed by atoms with Gasteiger partial charge in [0.05, 0.1) is 23.9 Å². The molecule has 2 aliphatic heterocycles. The molecule has 3 rings (SSSR count). The van der Waals surface area contributed by atoms with Crippen LogP contribution in [0.1, 0.15) is 28.9 Å². The molecule has 0 aromatic carbocycles. The number of fused-ring (bicyclic) bond motifs is 1. The normalized spacial score (nSPS) is 21.1. The van der Waals surface area contributed by atoms with Gasteiger partial charge in [0.1, 0.15) is 0 Å². The molecule has 0 N–H and O–H groups in total. The molecule has 0 atom stereocenters. The molecule has 20 heavy (non-hydrogen) atoms. The molecule has 5 heteroatoms. The molecule has 4 nitrogen and oxygen atoms in total. The lowest BCUT2D eigenvalue weighted by atomic mass is 10.2. The molecular formula is C15H25N3OS. The number of hydrogen-bond acceptors (Lipinski definition) is 5. The maximum absolute atomic E-state index is 5.39. The fourth-order valence-corrected chi connectivity index (χ4v) is 4.00. The maximum atomic E-state index is 5.39. The van der Waals surface area contributed by atoms with Crippen molar-refractivity contribution in [3.05, 3.63) is 15.6 Å². The summed E-state index contributed by atoms with van der Waals surface area (Å²) < 4.78 is 5.39. The average molecular weight is 295 g/mol. The van der Waals surface area contributed by atoms with Crippen molar-refractivity contribution in [2.24, 2.45) is 0 Å². The van der Waals surface area contributed by atoms with Gasteiger partial charge in [-0.3, -0.25) is 9.80 Å². The number of ether oxygens (including phenoxy) is 1. The Labute approximate surface area is 125 Å². The highest BCUT2D eigenvalue weighted by Crippen LogP contribution is 2.25. The van der Waals surface area contributed by atoms with E-state index in [-0.39, 0.29) is 0 Å². The molecule has 3 heterocycles. The summed E-state index contributed by atoms with van der Waals surface area (Å²) in [6, 6.07) is 0. The Bertz CT molecular complexity index is 429. The Morgan fingerprint density at radius 1 is 1.15 bits per heavy atom. The second kappa shape index (κ2) is 6.98. The topological polar surface area (TPSA) is 28.6 Å². The Morgan fingerprint density at radius 3 is 2.75 bits per heavy atom. The van der Waals surface area contributed by atoms with Crippen LogP contribution in [0.2, 0.25) is 0 Å². The molecule has 0 amide bonds. The average Bonchev–Trinajstić information content (AvgIpc) is 2.91. The number of morpholine rings is 1. The van der Waals surface area contributed by atoms with Crippen LogP contribution < -0.4 is 0 Å². The minimum Gasteiger partial charge on any atom is -0.379 e. The van der Waals surface area contributed by atoms with Gasteiger partial charge in [0.15, 0.2) is 0 Å². The number of thiazole rings is 1. The van der Waals surface area contributed by atoms with Gasteiger partial charge in [-0.2, -0.15) is 0 Å². The van der Waals surface area contributed by atoms with Gasteiger partial charge in [-0.25, -0.2) is 4.98 Å². The molecule has 1 aromatic heterocycles. The van der Waals surface area contributed by atoms with E-state index in [9.17, 15) is 0 Å². The van der Waals surface area contributed by atoms with E-state index in [0.717, 1.165) is 39.3 Å². The molecule has 0 spiro atoms. The van der Waals surface area contributed by atoms with Crippen LogP contribution in [0.5, 0.6) is 0 Å². The van der Waals surface area contributed by atoms with Crippen LogP contribution in [0, 0.1) is 0 Å². The summed E-state index contributed by atoms with van der Waals surface area (Å²) in [4.78, 5) is 11.4. The highest BCUT2D eigenvalue weighted by molar-refractivity contribution is 7.11. The molecule has 1 fully saturated rings. The predicted molar refractivity (Wildman–Crippen MR) is 82.3 cm³/mol. The first-order valence-corrected chi connectivity index (χ1v) is 8.66. The monoisotopic (exact) mass is 295 g/mol. The third-order valence-electron chi connectivity index (χ3n) is 4.21. The first kappa shape index (κ1) is 14.4. The van der Waals surface area contributed by atoms with Crippen molar-refractivity contribution in [2.45, 2.75) is 32.7 Å². The smallest absolute Gasteiger partial charge is 0.0928 e. The highest BCUT2D eigenvalue weighted by Gasteiger charge is 2.20. The number of hydrogen-bond donors (Lipinski definition) is 0. The lowest BCUT2D eigenvalue weighted by Crippen LogP contribution is -2.38. The molecule has 0 unspecified atom stereocenters. The first-order chi connectivity index (χ1) is 9.85. The van der Waals surface area contributed by atoms with Crippen LogP contribution in [0.15, 0.2) is 0 Å². The molecule has 1 saturated heterocycles. The summed E-state index contributed by atoms with van der Waals surface area (Å²) in [7, 11) is 0. The van der Waals surface area contributed by atoms with Crippen molar-refractivity contribution >= 4 is 11.3 Å². The molecule has 0 bridgehead atoms. The zero-order valence-corrected chi connectivity index (χ0v) is 13.3. The molecule has 0 aliphatic carbocycles. The van der Waals surface area contributed by atoms with Gasteiger partial charge >= 0.3 is 0 Å². The number of nitrogens with zero attached hydrogens (tertiary/aromatic N) is 3. The Kier molecular flexibility index (Phi) is 5.04. The van der Waals surface area contributed by atoms with E-state index in [4.69, 9.17) is 9.72 Å². The summed E-state index contributed by atoms with van der Waals surface area (Å²) >= 11 is 1.92. The minimum absolute atomic E-state index is 0.908. The van der Waals surface area contributed by atoms with E-state index in [1.165, 1.54) is 48.1 Å². The van der Waals surface area contributed by atoms with Gasteiger partial charge in [0, 0.05) is 31.1 Å². The van der Waals surface area contributed by atoms with Crippen LogP contribution in [0.4, 0.5) is 0 Å². The Morgan fingerprint density at radius 2 is 1.95 bits per heavy atom. The maximum Gasteiger partial charge on any atom is 0.0928 e. The fraction of sp³-hybridized carbons (Fsp3) is 0.800. The van der Waals surface area contributed by atoms with Crippen LogP contribution in [0.3, 0.4) is 0 Å². The molecular weight excluding hydrogens is 270 g/mol. The van der Waals surface area contributed by atoms with Crippen molar-refractivity contribution in [1.82, 2.24) is 14.8 Å². The standard InChI is InChI=1S/C15H25N3OS/c1-2-15-16-13-12-18(7-4-14(13)20-15)6-3-5-17-8-10-19-11-9-17/h2-12H2,1H3. The summed E-state index contributed by atoms with van der Waals surface area (Å²) in [5, 5.41) is 1.31. The lowest BCUT2D eigenvalue weighted by molar-refractivity contribution is 0.0359. The van der Waals surface area contributed by atoms with Gasteiger partial charge in [0.2, 0.25) is 0 Å². The molecule has 2 aliphatic rings. The van der Waals surface area contributed by atoms with Gasteiger partial charge in [-0.1, -0.05) is 6.92 Å². The summed E-state index contributed by atoms with van der Waals surface area (Å²) in [6.45, 7) is 10.9. The molecule has 0 saturated carbocycles. The van der Waals surface area contributed by atoms with E-state index >= 15 is 0 Å². The van der Waals surface area contributed by atoms with E-state index in [1.807, 2.05) is 11.3 Å². The quantitative estimate of drug-likeness (QED) is 0.828. The summed E-state index contributed by atoms with van der Waals surface area (Å²) in [5.41, 5.74) is 1.35. The second-order valence-electron chi connectivity index (χ2n) is 5.66. The van der Waals surface area contributed by atoms with E-state index < -0.39 is 0 Å². The van der Waals surface area contributed by atoms with E-state index in [0.29, 0.717) is 0 Å². The third-order valence-corrected chi connectivity index (χ3v) is 5.51. The molecule has 0 radical (unpaired) electrons. The van der Waals surface area contributed by atoms with Crippen molar-refractivity contribution < 1.29 is 4.74 Å². The Balaban J connectivity index is 1.43. The zero-order valence-electron chi connectivity index (χ0n) is 12.4. The summed E-state index contributed by atoms with van der Waals surface area (Å²) in [5.74, 6) is 0. The first-order valence-electron chi connectivity index (χ1n) is 7.85. The minimum atomic E-state index is 0.908. The second-order valence-corrected chi connectivity index (χ2v) is 6.83. The van der Waals surface area contributed by atoms with Crippen LogP contribution in [0.25, 0.3) is 0 Å². The van der Waals surface area contributed by atoms with Crippen molar-refractivity contribution in [2.75, 3.05) is 45.9 Å². The SMILES string of the molecule is CCc1nc2c(s1)CCN(CCCN1CCOCC1)C2. The van der Waals surface area contributed by atoms with Crippen LogP contribution in [-0.4, -0.2) is 60.7 Å². The van der Waals surface area contributed by atoms with Crippen LogP contribution >= 0.6 is 11.3 Å². The predicted octanol–water partition coefficient (Wildman–Crippen LogP) is 1.79. The van der Waals surface area contributed by atoms with Gasteiger partial charge < -0.3 is 4.74 Å². The number of aryl methyl sites for hydroxylation is 1. The molecule has 1 aromatic rings. The third kappa shape index (κ3) is 3.58. The largest absolute Gasteiger partial charge is 0.379 e. The van der Waals surface area contributed by atoms with Crippen molar-refractivity contribution in [3.63, 3.8) is 0 Å². The van der Waals surface area contributed by atoms with Gasteiger partial charge in [-0.15, -0.1) is 11.3 Å². The highest BCUT2D eigenvalue weighted by atomic mass is 32.1. The van der Waals surface area contributed by atoms with Gasteiger partial charge in [0.25, 0.3) is 0 Å². The zero-order chi connectivity index (χ0) is 13.8. The fourth-order valence-electron chi connectivity index (χ4n) is 2.99. The number of rotatable bonds is 5. The van der Waals surface area contributed by atoms with Crippen molar-refractivity contribution in [3.8, 4) is 0 Å². The molecule has 112 valence electrons. The van der Waals surface area contributed by atoms with Crippen molar-refractivity contribution in [1.29, 1.82) is 0 Å².